The lowest BCUT2D eigenvalue weighted by atomic mass is 10.1. The summed E-state index contributed by atoms with van der Waals surface area (Å²) in [6.07, 6.45) is 2.86. The Morgan fingerprint density at radius 2 is 2.00 bits per heavy atom. The van der Waals surface area contributed by atoms with Crippen LogP contribution in [0.3, 0.4) is 0 Å². The van der Waals surface area contributed by atoms with Gasteiger partial charge in [-0.2, -0.15) is 0 Å². The van der Waals surface area contributed by atoms with E-state index < -0.39 is 4.92 Å². The molecule has 3 aromatic rings. The van der Waals surface area contributed by atoms with Crippen LogP contribution in [-0.2, 0) is 19.5 Å². The lowest BCUT2D eigenvalue weighted by molar-refractivity contribution is -0.384. The average molecular weight is 378 g/mol. The standard InChI is InChI=1S/C21H22N4O3/c1-14(2)21-22-11-16-12-24(10-9-19(16)23-21)13-18-7-8-20(28-18)15-3-5-17(6-4-15)25(26)27/h3-8,11,14H,9-10,12-13H2,1-2H3. The van der Waals surface area contributed by atoms with Gasteiger partial charge in [-0.25, -0.2) is 9.97 Å². The van der Waals surface area contributed by atoms with Crippen molar-refractivity contribution in [3.05, 3.63) is 75.6 Å². The SMILES string of the molecule is CC(C)c1ncc2c(n1)CCN(Cc1ccc(-c3ccc([N+](=O)[O-])cc3)o1)C2. The average Bonchev–Trinajstić information content (AvgIpc) is 3.16. The number of fused-ring (bicyclic) bond motifs is 1. The van der Waals surface area contributed by atoms with Gasteiger partial charge in [0.15, 0.2) is 0 Å². The second-order valence-corrected chi connectivity index (χ2v) is 7.39. The zero-order valence-corrected chi connectivity index (χ0v) is 16.0. The van der Waals surface area contributed by atoms with Crippen LogP contribution in [0.5, 0.6) is 0 Å². The van der Waals surface area contributed by atoms with Gasteiger partial charge in [-0.05, 0) is 24.3 Å². The highest BCUT2D eigenvalue weighted by Crippen LogP contribution is 2.26. The summed E-state index contributed by atoms with van der Waals surface area (Å²) in [5.74, 6) is 2.83. The first-order valence-corrected chi connectivity index (χ1v) is 9.40. The maximum atomic E-state index is 10.8. The van der Waals surface area contributed by atoms with Crippen molar-refractivity contribution in [1.82, 2.24) is 14.9 Å². The number of non-ortho nitro benzene ring substituents is 1. The second kappa shape index (κ2) is 7.52. The zero-order valence-electron chi connectivity index (χ0n) is 16.0. The smallest absolute Gasteiger partial charge is 0.269 e. The molecule has 28 heavy (non-hydrogen) atoms. The number of benzene rings is 1. The largest absolute Gasteiger partial charge is 0.460 e. The van der Waals surface area contributed by atoms with Crippen molar-refractivity contribution in [2.75, 3.05) is 6.54 Å². The van der Waals surface area contributed by atoms with Gasteiger partial charge in [0.25, 0.3) is 5.69 Å². The predicted octanol–water partition coefficient (Wildman–Crippen LogP) is 4.33. The van der Waals surface area contributed by atoms with Crippen molar-refractivity contribution in [3.8, 4) is 11.3 Å². The Hall–Kier alpha value is -3.06. The maximum absolute atomic E-state index is 10.8. The van der Waals surface area contributed by atoms with Crippen molar-refractivity contribution < 1.29 is 9.34 Å². The Balaban J connectivity index is 1.44. The van der Waals surface area contributed by atoms with E-state index in [1.165, 1.54) is 17.7 Å². The van der Waals surface area contributed by atoms with Gasteiger partial charge in [-0.15, -0.1) is 0 Å². The van der Waals surface area contributed by atoms with Gasteiger partial charge in [0, 0.05) is 60.6 Å². The van der Waals surface area contributed by atoms with Crippen LogP contribution in [0.25, 0.3) is 11.3 Å². The minimum Gasteiger partial charge on any atom is -0.460 e. The molecule has 7 heteroatoms. The quantitative estimate of drug-likeness (QED) is 0.485. The van der Waals surface area contributed by atoms with Crippen molar-refractivity contribution >= 4 is 5.69 Å². The second-order valence-electron chi connectivity index (χ2n) is 7.39. The Labute approximate surface area is 163 Å². The molecule has 0 saturated carbocycles. The van der Waals surface area contributed by atoms with E-state index >= 15 is 0 Å². The number of nitrogens with zero attached hydrogens (tertiary/aromatic N) is 4. The van der Waals surface area contributed by atoms with Crippen molar-refractivity contribution in [1.29, 1.82) is 0 Å². The normalized spacial score (nSPS) is 14.2. The molecule has 0 amide bonds. The number of hydrogen-bond donors (Lipinski definition) is 0. The first-order chi connectivity index (χ1) is 13.5. The van der Waals surface area contributed by atoms with Crippen LogP contribution in [-0.4, -0.2) is 26.3 Å². The molecule has 0 spiro atoms. The maximum Gasteiger partial charge on any atom is 0.269 e. The van der Waals surface area contributed by atoms with E-state index in [1.807, 2.05) is 18.3 Å². The molecule has 144 valence electrons. The van der Waals surface area contributed by atoms with Gasteiger partial charge in [0.1, 0.15) is 17.3 Å². The molecule has 1 aliphatic rings. The van der Waals surface area contributed by atoms with E-state index in [9.17, 15) is 10.1 Å². The Kier molecular flexibility index (Phi) is 4.92. The van der Waals surface area contributed by atoms with E-state index in [1.54, 1.807) is 12.1 Å². The molecule has 0 radical (unpaired) electrons. The summed E-state index contributed by atoms with van der Waals surface area (Å²) in [6.45, 7) is 6.65. The van der Waals surface area contributed by atoms with Crippen molar-refractivity contribution in [3.63, 3.8) is 0 Å². The van der Waals surface area contributed by atoms with Gasteiger partial charge in [0.2, 0.25) is 0 Å². The van der Waals surface area contributed by atoms with Crippen LogP contribution in [0.1, 0.15) is 42.6 Å². The van der Waals surface area contributed by atoms with Crippen LogP contribution in [0.4, 0.5) is 5.69 Å². The van der Waals surface area contributed by atoms with Crippen molar-refractivity contribution in [2.45, 2.75) is 39.3 Å². The van der Waals surface area contributed by atoms with Gasteiger partial charge < -0.3 is 4.42 Å². The van der Waals surface area contributed by atoms with Gasteiger partial charge >= 0.3 is 0 Å². The molecule has 4 rings (SSSR count). The van der Waals surface area contributed by atoms with Crippen LogP contribution in [0.2, 0.25) is 0 Å². The molecule has 0 unspecified atom stereocenters. The summed E-state index contributed by atoms with van der Waals surface area (Å²) in [5.41, 5.74) is 3.24. The van der Waals surface area contributed by atoms with Crippen LogP contribution in [0, 0.1) is 10.1 Å². The lowest BCUT2D eigenvalue weighted by Crippen LogP contribution is -2.31. The molecule has 0 atom stereocenters. The topological polar surface area (TPSA) is 85.3 Å². The number of hydrogen-bond acceptors (Lipinski definition) is 6. The number of rotatable bonds is 5. The van der Waals surface area contributed by atoms with Gasteiger partial charge in [-0.3, -0.25) is 15.0 Å². The third kappa shape index (κ3) is 3.80. The Bertz CT molecular complexity index is 995. The van der Waals surface area contributed by atoms with E-state index in [-0.39, 0.29) is 5.69 Å². The first-order valence-electron chi connectivity index (χ1n) is 9.40. The highest BCUT2D eigenvalue weighted by atomic mass is 16.6. The number of nitro benzene ring substituents is 1. The van der Waals surface area contributed by atoms with Crippen LogP contribution >= 0.6 is 0 Å². The zero-order chi connectivity index (χ0) is 19.7. The molecule has 1 aliphatic heterocycles. The van der Waals surface area contributed by atoms with E-state index in [0.29, 0.717) is 18.2 Å². The number of nitro groups is 1. The summed E-state index contributed by atoms with van der Waals surface area (Å²) < 4.78 is 5.97. The fraction of sp³-hybridized carbons (Fsp3) is 0.333. The molecular weight excluding hydrogens is 356 g/mol. The summed E-state index contributed by atoms with van der Waals surface area (Å²) in [4.78, 5) is 21.9. The van der Waals surface area contributed by atoms with E-state index in [0.717, 1.165) is 42.4 Å². The van der Waals surface area contributed by atoms with E-state index in [4.69, 9.17) is 9.40 Å². The summed E-state index contributed by atoms with van der Waals surface area (Å²) >= 11 is 0. The monoisotopic (exact) mass is 378 g/mol. The Morgan fingerprint density at radius 3 is 2.71 bits per heavy atom. The molecule has 7 nitrogen and oxygen atoms in total. The summed E-state index contributed by atoms with van der Waals surface area (Å²) in [5, 5.41) is 10.8. The highest BCUT2D eigenvalue weighted by Gasteiger charge is 2.20. The molecule has 2 aromatic heterocycles. The first kappa shape index (κ1) is 18.3. The molecule has 0 fully saturated rings. The van der Waals surface area contributed by atoms with E-state index in [2.05, 4.69) is 23.7 Å². The van der Waals surface area contributed by atoms with Gasteiger partial charge in [-0.1, -0.05) is 13.8 Å². The van der Waals surface area contributed by atoms with Gasteiger partial charge in [0.05, 0.1) is 11.5 Å². The highest BCUT2D eigenvalue weighted by molar-refractivity contribution is 5.59. The molecule has 0 saturated heterocycles. The number of furan rings is 1. The van der Waals surface area contributed by atoms with Crippen LogP contribution < -0.4 is 0 Å². The third-order valence-corrected chi connectivity index (χ3v) is 4.95. The molecule has 3 heterocycles. The minimum absolute atomic E-state index is 0.0744. The summed E-state index contributed by atoms with van der Waals surface area (Å²) in [7, 11) is 0. The Morgan fingerprint density at radius 1 is 1.21 bits per heavy atom. The third-order valence-electron chi connectivity index (χ3n) is 4.95. The molecule has 0 bridgehead atoms. The molecular formula is C21H22N4O3. The molecule has 0 N–H and O–H groups in total. The summed E-state index contributed by atoms with van der Waals surface area (Å²) in [6, 6.07) is 10.3. The molecule has 0 aliphatic carbocycles. The van der Waals surface area contributed by atoms with Crippen molar-refractivity contribution in [2.24, 2.45) is 0 Å². The van der Waals surface area contributed by atoms with Crippen LogP contribution in [0.15, 0.2) is 47.0 Å². The predicted molar refractivity (Wildman–Crippen MR) is 105 cm³/mol. The fourth-order valence-electron chi connectivity index (χ4n) is 3.39. The molecule has 1 aromatic carbocycles. The lowest BCUT2D eigenvalue weighted by Gasteiger charge is -2.27. The fourth-order valence-corrected chi connectivity index (χ4v) is 3.39. The minimum atomic E-state index is -0.403. The number of aromatic nitrogens is 2.